The first-order valence-electron chi connectivity index (χ1n) is 7.02. The Labute approximate surface area is 127 Å². The quantitative estimate of drug-likeness (QED) is 0.778. The summed E-state index contributed by atoms with van der Waals surface area (Å²) in [6.45, 7) is 2.78. The van der Waals surface area contributed by atoms with Gasteiger partial charge in [-0.05, 0) is 6.92 Å². The first-order valence-corrected chi connectivity index (χ1v) is 7.02. The number of hydrogen-bond acceptors (Lipinski definition) is 4. The van der Waals surface area contributed by atoms with Crippen molar-refractivity contribution in [2.45, 2.75) is 20.0 Å². The number of aryl methyl sites for hydroxylation is 1. The molecule has 1 N–H and O–H groups in total. The van der Waals surface area contributed by atoms with Crippen molar-refractivity contribution in [1.29, 1.82) is 0 Å². The minimum absolute atomic E-state index is 0.167. The number of carbonyl (C=O) groups excluding carboxylic acids is 1. The summed E-state index contributed by atoms with van der Waals surface area (Å²) in [5, 5.41) is 10.8. The Morgan fingerprint density at radius 3 is 2.82 bits per heavy atom. The van der Waals surface area contributed by atoms with E-state index in [1.165, 1.54) is 11.0 Å². The van der Waals surface area contributed by atoms with Crippen LogP contribution in [0.15, 0.2) is 49.1 Å². The maximum Gasteiger partial charge on any atom is 0.245 e. The average Bonchev–Trinajstić information content (AvgIpc) is 3.17. The van der Waals surface area contributed by atoms with Crippen LogP contribution in [0.5, 0.6) is 0 Å². The van der Waals surface area contributed by atoms with Gasteiger partial charge in [0.25, 0.3) is 0 Å². The number of anilines is 1. The van der Waals surface area contributed by atoms with Crippen molar-refractivity contribution in [1.82, 2.24) is 24.5 Å². The van der Waals surface area contributed by atoms with Gasteiger partial charge in [0, 0.05) is 11.8 Å². The summed E-state index contributed by atoms with van der Waals surface area (Å²) in [7, 11) is 0. The number of imidazole rings is 1. The highest BCUT2D eigenvalue weighted by Crippen LogP contribution is 2.15. The van der Waals surface area contributed by atoms with Gasteiger partial charge in [-0.15, -0.1) is 5.10 Å². The molecule has 0 radical (unpaired) electrons. The van der Waals surface area contributed by atoms with E-state index in [2.05, 4.69) is 20.5 Å². The molecule has 0 aliphatic rings. The van der Waals surface area contributed by atoms with Crippen LogP contribution in [-0.4, -0.2) is 30.5 Å². The third-order valence-electron chi connectivity index (χ3n) is 3.12. The maximum absolute atomic E-state index is 12.0. The van der Waals surface area contributed by atoms with Crippen molar-refractivity contribution in [3.63, 3.8) is 0 Å². The van der Waals surface area contributed by atoms with Crippen LogP contribution in [-0.2, 0) is 17.9 Å². The average molecular weight is 296 g/mol. The molecule has 7 heteroatoms. The molecule has 22 heavy (non-hydrogen) atoms. The number of carbonyl (C=O) groups is 1. The minimum atomic E-state index is -0.167. The van der Waals surface area contributed by atoms with Crippen molar-refractivity contribution < 1.29 is 4.79 Å². The minimum Gasteiger partial charge on any atom is -0.327 e. The Morgan fingerprint density at radius 1 is 1.27 bits per heavy atom. The third-order valence-corrected chi connectivity index (χ3v) is 3.12. The number of nitrogens with one attached hydrogen (secondary N) is 1. The van der Waals surface area contributed by atoms with E-state index in [0.717, 1.165) is 11.3 Å². The summed E-state index contributed by atoms with van der Waals surface area (Å²) in [6, 6.07) is 9.83. The number of rotatable bonds is 5. The van der Waals surface area contributed by atoms with Crippen LogP contribution in [0.3, 0.4) is 0 Å². The van der Waals surface area contributed by atoms with Gasteiger partial charge in [-0.2, -0.15) is 9.90 Å². The molecule has 3 rings (SSSR count). The second kappa shape index (κ2) is 6.21. The highest BCUT2D eigenvalue weighted by molar-refractivity contribution is 5.89. The fourth-order valence-corrected chi connectivity index (χ4v) is 2.06. The van der Waals surface area contributed by atoms with Gasteiger partial charge in [0.05, 0.1) is 24.8 Å². The van der Waals surface area contributed by atoms with Gasteiger partial charge in [-0.3, -0.25) is 4.79 Å². The molecule has 1 amide bonds. The van der Waals surface area contributed by atoms with Gasteiger partial charge in [-0.1, -0.05) is 30.3 Å². The first-order chi connectivity index (χ1) is 10.7. The van der Waals surface area contributed by atoms with E-state index in [-0.39, 0.29) is 12.5 Å². The lowest BCUT2D eigenvalue weighted by molar-refractivity contribution is -0.116. The van der Waals surface area contributed by atoms with Crippen molar-refractivity contribution in [3.05, 3.63) is 49.1 Å². The summed E-state index contributed by atoms with van der Waals surface area (Å²) in [5.74, 6) is 0.287. The SMILES string of the molecule is CCn1ncc(NC(=O)Cn2cnc(-c3ccccc3)c2)n1. The second-order valence-corrected chi connectivity index (χ2v) is 4.76. The van der Waals surface area contributed by atoms with Crippen LogP contribution in [0.1, 0.15) is 6.92 Å². The molecule has 0 fully saturated rings. The Kier molecular flexibility index (Phi) is 3.95. The standard InChI is InChI=1S/C15H16N6O/c1-2-21-17-8-14(19-21)18-15(22)10-20-9-13(16-11-20)12-6-4-3-5-7-12/h3-9,11H,2,10H2,1H3,(H,18,19,22). The number of benzene rings is 1. The van der Waals surface area contributed by atoms with E-state index in [0.29, 0.717) is 12.4 Å². The Hall–Kier alpha value is -2.96. The van der Waals surface area contributed by atoms with Crippen LogP contribution in [0.4, 0.5) is 5.82 Å². The molecule has 0 saturated heterocycles. The Morgan fingerprint density at radius 2 is 2.09 bits per heavy atom. The van der Waals surface area contributed by atoms with Crippen LogP contribution in [0.25, 0.3) is 11.3 Å². The summed E-state index contributed by atoms with van der Waals surface area (Å²) in [6.07, 6.45) is 5.02. The summed E-state index contributed by atoms with van der Waals surface area (Å²) >= 11 is 0. The molecular formula is C15H16N6O. The molecule has 0 unspecified atom stereocenters. The molecule has 3 aromatic rings. The zero-order valence-corrected chi connectivity index (χ0v) is 12.2. The normalized spacial score (nSPS) is 10.6. The Balaban J connectivity index is 1.63. The molecule has 0 spiro atoms. The molecule has 2 heterocycles. The molecular weight excluding hydrogens is 280 g/mol. The molecule has 0 aliphatic heterocycles. The van der Waals surface area contributed by atoms with Crippen molar-refractivity contribution >= 4 is 11.7 Å². The summed E-state index contributed by atoms with van der Waals surface area (Å²) in [4.78, 5) is 17.8. The van der Waals surface area contributed by atoms with Crippen molar-refractivity contribution in [2.24, 2.45) is 0 Å². The number of aromatic nitrogens is 5. The van der Waals surface area contributed by atoms with E-state index in [1.807, 2.05) is 43.5 Å². The first kappa shape index (κ1) is 14.0. The van der Waals surface area contributed by atoms with E-state index >= 15 is 0 Å². The van der Waals surface area contributed by atoms with Crippen molar-refractivity contribution in [3.8, 4) is 11.3 Å². The zero-order valence-electron chi connectivity index (χ0n) is 12.2. The van der Waals surface area contributed by atoms with E-state index in [9.17, 15) is 4.79 Å². The summed E-state index contributed by atoms with van der Waals surface area (Å²) in [5.41, 5.74) is 1.86. The highest BCUT2D eigenvalue weighted by atomic mass is 16.2. The fourth-order valence-electron chi connectivity index (χ4n) is 2.06. The second-order valence-electron chi connectivity index (χ2n) is 4.76. The van der Waals surface area contributed by atoms with Gasteiger partial charge in [0.1, 0.15) is 6.54 Å². The molecule has 1 aromatic carbocycles. The molecule has 0 aliphatic carbocycles. The smallest absolute Gasteiger partial charge is 0.245 e. The fraction of sp³-hybridized carbons (Fsp3) is 0.200. The molecule has 0 bridgehead atoms. The van der Waals surface area contributed by atoms with Crippen LogP contribution in [0.2, 0.25) is 0 Å². The topological polar surface area (TPSA) is 77.6 Å². The molecule has 112 valence electrons. The van der Waals surface area contributed by atoms with Gasteiger partial charge < -0.3 is 9.88 Å². The van der Waals surface area contributed by atoms with E-state index in [4.69, 9.17) is 0 Å². The van der Waals surface area contributed by atoms with Gasteiger partial charge in [-0.25, -0.2) is 4.98 Å². The molecule has 0 atom stereocenters. The lowest BCUT2D eigenvalue weighted by Crippen LogP contribution is -2.18. The maximum atomic E-state index is 12.0. The van der Waals surface area contributed by atoms with E-state index in [1.54, 1.807) is 10.9 Å². The largest absolute Gasteiger partial charge is 0.327 e. The summed E-state index contributed by atoms with van der Waals surface area (Å²) < 4.78 is 1.74. The number of hydrogen-bond donors (Lipinski definition) is 1. The predicted molar refractivity (Wildman–Crippen MR) is 82.0 cm³/mol. The zero-order chi connectivity index (χ0) is 15.4. The lowest BCUT2D eigenvalue weighted by Gasteiger charge is -2.02. The van der Waals surface area contributed by atoms with Gasteiger partial charge >= 0.3 is 0 Å². The van der Waals surface area contributed by atoms with Crippen LogP contribution < -0.4 is 5.32 Å². The van der Waals surface area contributed by atoms with Crippen molar-refractivity contribution in [2.75, 3.05) is 5.32 Å². The van der Waals surface area contributed by atoms with Crippen LogP contribution >= 0.6 is 0 Å². The lowest BCUT2D eigenvalue weighted by atomic mass is 10.2. The van der Waals surface area contributed by atoms with Gasteiger partial charge in [0.2, 0.25) is 5.91 Å². The monoisotopic (exact) mass is 296 g/mol. The predicted octanol–water partition coefficient (Wildman–Crippen LogP) is 1.80. The van der Waals surface area contributed by atoms with Gasteiger partial charge in [0.15, 0.2) is 5.82 Å². The third kappa shape index (κ3) is 3.20. The van der Waals surface area contributed by atoms with Crippen LogP contribution in [0, 0.1) is 0 Å². The number of nitrogens with zero attached hydrogens (tertiary/aromatic N) is 5. The molecule has 2 aromatic heterocycles. The molecule has 0 saturated carbocycles. The highest BCUT2D eigenvalue weighted by Gasteiger charge is 2.08. The number of amides is 1. The Bertz CT molecular complexity index is 761. The molecule has 7 nitrogen and oxygen atoms in total. The van der Waals surface area contributed by atoms with E-state index < -0.39 is 0 Å².